The molecule has 158 valence electrons. The average molecular weight is 442 g/mol. The molecular formula is C19H24ClN3O5S. The van der Waals surface area contributed by atoms with Crippen molar-refractivity contribution in [3.8, 4) is 0 Å². The molecule has 0 unspecified atom stereocenters. The van der Waals surface area contributed by atoms with Gasteiger partial charge in [0.15, 0.2) is 0 Å². The second kappa shape index (κ2) is 9.43. The van der Waals surface area contributed by atoms with Crippen molar-refractivity contribution in [2.75, 3.05) is 20.2 Å². The van der Waals surface area contributed by atoms with Crippen molar-refractivity contribution in [2.45, 2.75) is 32.2 Å². The van der Waals surface area contributed by atoms with E-state index in [0.717, 1.165) is 9.87 Å². The van der Waals surface area contributed by atoms with Crippen molar-refractivity contribution < 1.29 is 22.7 Å². The van der Waals surface area contributed by atoms with E-state index in [0.29, 0.717) is 16.4 Å². The topological polar surface area (TPSA) is 109 Å². The van der Waals surface area contributed by atoms with Crippen LogP contribution in [0.15, 0.2) is 29.2 Å². The summed E-state index contributed by atoms with van der Waals surface area (Å²) in [5.74, 6) is -1.21. The molecule has 1 aromatic heterocycles. The van der Waals surface area contributed by atoms with Crippen molar-refractivity contribution in [1.82, 2.24) is 14.6 Å². The minimum Gasteiger partial charge on any atom is -0.462 e. The summed E-state index contributed by atoms with van der Waals surface area (Å²) in [6, 6.07) is 6.93. The number of hydrogen-bond donors (Lipinski definition) is 2. The van der Waals surface area contributed by atoms with Crippen molar-refractivity contribution in [3.63, 3.8) is 0 Å². The predicted octanol–water partition coefficient (Wildman–Crippen LogP) is 2.40. The van der Waals surface area contributed by atoms with Crippen LogP contribution in [0, 0.1) is 13.8 Å². The zero-order valence-electron chi connectivity index (χ0n) is 16.7. The molecule has 0 spiro atoms. The number of nitrogens with zero attached hydrogens (tertiary/aromatic N) is 1. The number of H-pyrrole nitrogens is 1. The zero-order valence-corrected chi connectivity index (χ0v) is 18.3. The number of aromatic amines is 1. The van der Waals surface area contributed by atoms with Crippen molar-refractivity contribution in [1.29, 1.82) is 0 Å². The van der Waals surface area contributed by atoms with Crippen LogP contribution in [-0.4, -0.2) is 49.8 Å². The highest BCUT2D eigenvalue weighted by molar-refractivity contribution is 7.89. The van der Waals surface area contributed by atoms with E-state index in [1.54, 1.807) is 45.0 Å². The number of hydrogen-bond acceptors (Lipinski definition) is 5. The van der Waals surface area contributed by atoms with Gasteiger partial charge in [-0.3, -0.25) is 4.79 Å². The number of ether oxygens (including phenoxy) is 1. The lowest BCUT2D eigenvalue weighted by atomic mass is 10.2. The summed E-state index contributed by atoms with van der Waals surface area (Å²) in [4.78, 5) is 27.2. The van der Waals surface area contributed by atoms with Crippen LogP contribution in [0.2, 0.25) is 5.02 Å². The van der Waals surface area contributed by atoms with Crippen LogP contribution in [0.25, 0.3) is 0 Å². The Hall–Kier alpha value is -2.36. The largest absolute Gasteiger partial charge is 0.462 e. The van der Waals surface area contributed by atoms with Gasteiger partial charge in [0.1, 0.15) is 10.5 Å². The van der Waals surface area contributed by atoms with Gasteiger partial charge in [-0.25, -0.2) is 13.2 Å². The maximum atomic E-state index is 13.0. The smallest absolute Gasteiger partial charge is 0.341 e. The number of rotatable bonds is 8. The lowest BCUT2D eigenvalue weighted by Crippen LogP contribution is -2.38. The van der Waals surface area contributed by atoms with Crippen LogP contribution in [-0.2, 0) is 26.1 Å². The Kier molecular flexibility index (Phi) is 7.45. The molecule has 2 aromatic rings. The van der Waals surface area contributed by atoms with Gasteiger partial charge in [-0.15, -0.1) is 0 Å². The third-order valence-electron chi connectivity index (χ3n) is 4.23. The first kappa shape index (κ1) is 22.9. The van der Waals surface area contributed by atoms with Gasteiger partial charge < -0.3 is 15.0 Å². The highest BCUT2D eigenvalue weighted by Gasteiger charge is 2.33. The van der Waals surface area contributed by atoms with E-state index in [4.69, 9.17) is 16.3 Å². The van der Waals surface area contributed by atoms with Gasteiger partial charge in [0.25, 0.3) is 0 Å². The number of benzene rings is 1. The van der Waals surface area contributed by atoms with Gasteiger partial charge in [0.2, 0.25) is 15.9 Å². The fourth-order valence-corrected chi connectivity index (χ4v) is 4.49. The summed E-state index contributed by atoms with van der Waals surface area (Å²) in [7, 11) is -2.82. The van der Waals surface area contributed by atoms with E-state index in [2.05, 4.69) is 10.3 Å². The van der Waals surface area contributed by atoms with Crippen molar-refractivity contribution >= 4 is 33.5 Å². The molecule has 0 radical (unpaired) electrons. The Morgan fingerprint density at radius 2 is 1.79 bits per heavy atom. The van der Waals surface area contributed by atoms with E-state index in [-0.39, 0.29) is 23.6 Å². The van der Waals surface area contributed by atoms with Crippen LogP contribution >= 0.6 is 11.6 Å². The second-order valence-corrected chi connectivity index (χ2v) is 8.88. The molecule has 0 fully saturated rings. The number of likely N-dealkylation sites (N-methyl/N-ethyl adjacent to an activating group) is 1. The number of aryl methyl sites for hydroxylation is 2. The molecule has 8 nitrogen and oxygen atoms in total. The number of halogens is 1. The molecule has 0 aliphatic heterocycles. The third-order valence-corrected chi connectivity index (χ3v) is 6.46. The summed E-state index contributed by atoms with van der Waals surface area (Å²) in [5.41, 5.74) is 1.48. The molecule has 29 heavy (non-hydrogen) atoms. The molecule has 0 bridgehead atoms. The van der Waals surface area contributed by atoms with Crippen LogP contribution in [0.3, 0.4) is 0 Å². The standard InChI is InChI=1S/C19H24ClN3O5S/c1-5-28-19(25)17-12(2)22-13(3)18(17)29(26,27)23(4)11-16(24)21-10-14-6-8-15(20)9-7-14/h6-9,22H,5,10-11H2,1-4H3,(H,21,24). The number of nitrogens with one attached hydrogen (secondary N) is 2. The summed E-state index contributed by atoms with van der Waals surface area (Å²) in [6.07, 6.45) is 0. The summed E-state index contributed by atoms with van der Waals surface area (Å²) >= 11 is 5.82. The molecule has 2 N–H and O–H groups in total. The quantitative estimate of drug-likeness (QED) is 0.611. The van der Waals surface area contributed by atoms with Gasteiger partial charge >= 0.3 is 5.97 Å². The molecule has 10 heteroatoms. The molecule has 0 aliphatic carbocycles. The van der Waals surface area contributed by atoms with Crippen LogP contribution in [0.4, 0.5) is 0 Å². The van der Waals surface area contributed by atoms with E-state index in [1.807, 2.05) is 0 Å². The Morgan fingerprint density at radius 1 is 1.17 bits per heavy atom. The normalized spacial score (nSPS) is 11.5. The van der Waals surface area contributed by atoms with Crippen LogP contribution in [0.5, 0.6) is 0 Å². The molecule has 2 rings (SSSR count). The van der Waals surface area contributed by atoms with Crippen molar-refractivity contribution in [2.24, 2.45) is 0 Å². The fraction of sp³-hybridized carbons (Fsp3) is 0.368. The first-order valence-corrected chi connectivity index (χ1v) is 10.7. The van der Waals surface area contributed by atoms with Gasteiger partial charge in [-0.1, -0.05) is 23.7 Å². The van der Waals surface area contributed by atoms with Gasteiger partial charge in [0.05, 0.1) is 13.2 Å². The van der Waals surface area contributed by atoms with Crippen LogP contribution < -0.4 is 5.32 Å². The molecule has 1 heterocycles. The summed E-state index contributed by atoms with van der Waals surface area (Å²) in [6.45, 7) is 4.74. The maximum absolute atomic E-state index is 13.0. The Labute approximate surface area is 175 Å². The average Bonchev–Trinajstić information content (AvgIpc) is 2.96. The molecule has 1 aromatic carbocycles. The number of carbonyl (C=O) groups is 2. The first-order valence-electron chi connectivity index (χ1n) is 8.91. The summed E-state index contributed by atoms with van der Waals surface area (Å²) in [5, 5.41) is 3.25. The molecule has 0 saturated carbocycles. The predicted molar refractivity (Wildman–Crippen MR) is 109 cm³/mol. The second-order valence-electron chi connectivity index (χ2n) is 6.46. The molecule has 0 aliphatic rings. The highest BCUT2D eigenvalue weighted by atomic mass is 35.5. The lowest BCUT2D eigenvalue weighted by molar-refractivity contribution is -0.121. The molecular weight excluding hydrogens is 418 g/mol. The van der Waals surface area contributed by atoms with E-state index in [9.17, 15) is 18.0 Å². The summed E-state index contributed by atoms with van der Waals surface area (Å²) < 4.78 is 32.0. The zero-order chi connectivity index (χ0) is 21.8. The van der Waals surface area contributed by atoms with E-state index < -0.39 is 28.4 Å². The number of sulfonamides is 1. The highest BCUT2D eigenvalue weighted by Crippen LogP contribution is 2.27. The van der Waals surface area contributed by atoms with Gasteiger partial charge in [0, 0.05) is 30.0 Å². The SMILES string of the molecule is CCOC(=O)c1c(C)[nH]c(C)c1S(=O)(=O)N(C)CC(=O)NCc1ccc(Cl)cc1. The fourth-order valence-electron chi connectivity index (χ4n) is 2.83. The minimum absolute atomic E-state index is 0.0437. The number of aromatic nitrogens is 1. The van der Waals surface area contributed by atoms with Gasteiger partial charge in [-0.2, -0.15) is 4.31 Å². The number of carbonyl (C=O) groups excluding carboxylic acids is 2. The van der Waals surface area contributed by atoms with Crippen LogP contribution in [0.1, 0.15) is 34.2 Å². The Morgan fingerprint density at radius 3 is 2.38 bits per heavy atom. The maximum Gasteiger partial charge on any atom is 0.341 e. The monoisotopic (exact) mass is 441 g/mol. The van der Waals surface area contributed by atoms with E-state index >= 15 is 0 Å². The minimum atomic E-state index is -4.10. The third kappa shape index (κ3) is 5.37. The Bertz CT molecular complexity index is 1000. The first-order chi connectivity index (χ1) is 13.6. The number of amides is 1. The Balaban J connectivity index is 2.15. The molecule has 1 amide bonds. The molecule has 0 atom stereocenters. The lowest BCUT2D eigenvalue weighted by Gasteiger charge is -2.18. The van der Waals surface area contributed by atoms with Gasteiger partial charge in [-0.05, 0) is 38.5 Å². The van der Waals surface area contributed by atoms with E-state index in [1.165, 1.54) is 7.05 Å². The molecule has 0 saturated heterocycles. The van der Waals surface area contributed by atoms with Crippen molar-refractivity contribution in [3.05, 3.63) is 51.8 Å². The number of esters is 1.